The van der Waals surface area contributed by atoms with Crippen LogP contribution in [0.15, 0.2) is 18.2 Å². The predicted molar refractivity (Wildman–Crippen MR) is 52.0 cm³/mol. The lowest BCUT2D eigenvalue weighted by Crippen LogP contribution is -2.04. The Morgan fingerprint density at radius 3 is 2.80 bits per heavy atom. The average Bonchev–Trinajstić information content (AvgIpc) is 2.29. The van der Waals surface area contributed by atoms with Crippen molar-refractivity contribution in [2.75, 3.05) is 20.3 Å². The lowest BCUT2D eigenvalue weighted by Gasteiger charge is -2.08. The van der Waals surface area contributed by atoms with Crippen molar-refractivity contribution in [1.29, 1.82) is 0 Å². The van der Waals surface area contributed by atoms with E-state index in [2.05, 4.69) is 4.89 Å². The average molecular weight is 212 g/mol. The Bertz CT molecular complexity index is 324. The van der Waals surface area contributed by atoms with Crippen molar-refractivity contribution < 1.29 is 24.4 Å². The van der Waals surface area contributed by atoms with Gasteiger partial charge in [0.1, 0.15) is 12.9 Å². The summed E-state index contributed by atoms with van der Waals surface area (Å²) in [5, 5.41) is 8.47. The summed E-state index contributed by atoms with van der Waals surface area (Å²) in [4.78, 5) is 20.0. The zero-order chi connectivity index (χ0) is 11.1. The number of hydrogen-bond acceptors (Lipinski definition) is 5. The lowest BCUT2D eigenvalue weighted by molar-refractivity contribution is -0.213. The zero-order valence-electron chi connectivity index (χ0n) is 8.30. The lowest BCUT2D eigenvalue weighted by atomic mass is 10.2. The minimum atomic E-state index is -0.130. The highest BCUT2D eigenvalue weighted by Gasteiger charge is 2.06. The van der Waals surface area contributed by atoms with Gasteiger partial charge in [-0.2, -0.15) is 4.89 Å². The molecule has 0 unspecified atom stereocenters. The quantitative estimate of drug-likeness (QED) is 0.327. The smallest absolute Gasteiger partial charge is 0.207 e. The number of aliphatic hydroxyl groups excluding tert-OH is 1. The number of rotatable bonds is 6. The predicted octanol–water partition coefficient (Wildman–Crippen LogP) is 0.810. The van der Waals surface area contributed by atoms with E-state index in [4.69, 9.17) is 14.7 Å². The van der Waals surface area contributed by atoms with Crippen molar-refractivity contribution in [3.8, 4) is 11.5 Å². The second kappa shape index (κ2) is 6.00. The third-order valence-electron chi connectivity index (χ3n) is 1.65. The second-order valence-corrected chi connectivity index (χ2v) is 2.66. The molecule has 0 atom stereocenters. The number of carbonyl (C=O) groups is 1. The molecule has 82 valence electrons. The summed E-state index contributed by atoms with van der Waals surface area (Å²) in [6, 6.07) is 4.66. The van der Waals surface area contributed by atoms with Crippen LogP contribution < -0.4 is 9.62 Å². The molecule has 0 fully saturated rings. The monoisotopic (exact) mass is 212 g/mol. The van der Waals surface area contributed by atoms with Crippen LogP contribution in [0.2, 0.25) is 0 Å². The van der Waals surface area contributed by atoms with E-state index in [1.54, 1.807) is 12.1 Å². The van der Waals surface area contributed by atoms with E-state index in [-0.39, 0.29) is 13.2 Å². The molecular weight excluding hydrogens is 200 g/mol. The van der Waals surface area contributed by atoms with E-state index in [0.717, 1.165) is 0 Å². The molecule has 0 heterocycles. The molecule has 0 aliphatic rings. The van der Waals surface area contributed by atoms with Gasteiger partial charge in [-0.3, -0.25) is 4.79 Å². The molecule has 1 N–H and O–H groups in total. The van der Waals surface area contributed by atoms with Gasteiger partial charge >= 0.3 is 0 Å². The molecular formula is C10H12O5. The van der Waals surface area contributed by atoms with Gasteiger partial charge in [-0.15, -0.1) is 0 Å². The van der Waals surface area contributed by atoms with Gasteiger partial charge in [-0.05, 0) is 18.2 Å². The van der Waals surface area contributed by atoms with Crippen LogP contribution in [0.1, 0.15) is 10.4 Å². The Morgan fingerprint density at radius 1 is 1.40 bits per heavy atom. The number of methoxy groups -OCH3 is 1. The van der Waals surface area contributed by atoms with Gasteiger partial charge in [0.2, 0.25) is 5.75 Å². The molecule has 5 nitrogen and oxygen atoms in total. The van der Waals surface area contributed by atoms with Gasteiger partial charge in [0, 0.05) is 5.56 Å². The van der Waals surface area contributed by atoms with E-state index in [1.807, 2.05) is 0 Å². The number of aldehydes is 1. The fraction of sp³-hybridized carbons (Fsp3) is 0.300. The van der Waals surface area contributed by atoms with Crippen LogP contribution in [-0.4, -0.2) is 31.7 Å². The van der Waals surface area contributed by atoms with Crippen molar-refractivity contribution in [2.24, 2.45) is 0 Å². The molecule has 1 rings (SSSR count). The number of aliphatic hydroxyl groups is 1. The van der Waals surface area contributed by atoms with Crippen LogP contribution in [0.4, 0.5) is 0 Å². The van der Waals surface area contributed by atoms with Crippen molar-refractivity contribution in [1.82, 2.24) is 0 Å². The number of carbonyl (C=O) groups excluding carboxylic acids is 1. The highest BCUT2D eigenvalue weighted by atomic mass is 17.2. The van der Waals surface area contributed by atoms with Gasteiger partial charge in [0.25, 0.3) is 0 Å². The molecule has 0 saturated carbocycles. The van der Waals surface area contributed by atoms with Gasteiger partial charge < -0.3 is 14.7 Å². The molecule has 0 aliphatic heterocycles. The Balaban J connectivity index is 2.73. The van der Waals surface area contributed by atoms with Crippen LogP contribution in [0.5, 0.6) is 11.5 Å². The molecule has 0 saturated heterocycles. The maximum Gasteiger partial charge on any atom is 0.207 e. The summed E-state index contributed by atoms with van der Waals surface area (Å²) >= 11 is 0. The third kappa shape index (κ3) is 3.23. The van der Waals surface area contributed by atoms with Crippen LogP contribution in [0.3, 0.4) is 0 Å². The molecule has 0 amide bonds. The summed E-state index contributed by atoms with van der Waals surface area (Å²) in [5.74, 6) is 0.758. The van der Waals surface area contributed by atoms with Gasteiger partial charge in [0.15, 0.2) is 5.75 Å². The van der Waals surface area contributed by atoms with Crippen LogP contribution in [0, 0.1) is 0 Å². The first-order valence-electron chi connectivity index (χ1n) is 4.35. The maximum atomic E-state index is 10.5. The molecule has 0 spiro atoms. The van der Waals surface area contributed by atoms with Crippen molar-refractivity contribution in [3.63, 3.8) is 0 Å². The summed E-state index contributed by atoms with van der Waals surface area (Å²) in [6.07, 6.45) is 0.709. The van der Waals surface area contributed by atoms with Gasteiger partial charge in [0.05, 0.1) is 13.7 Å². The van der Waals surface area contributed by atoms with E-state index in [1.165, 1.54) is 13.2 Å². The highest BCUT2D eigenvalue weighted by molar-refractivity contribution is 5.76. The first-order chi connectivity index (χ1) is 7.31. The summed E-state index contributed by atoms with van der Waals surface area (Å²) in [6.45, 7) is -0.0622. The topological polar surface area (TPSA) is 65.0 Å². The molecule has 1 aromatic carbocycles. The van der Waals surface area contributed by atoms with Crippen molar-refractivity contribution in [2.45, 2.75) is 0 Å². The summed E-state index contributed by atoms with van der Waals surface area (Å²) in [7, 11) is 1.46. The fourth-order valence-corrected chi connectivity index (χ4v) is 0.969. The highest BCUT2D eigenvalue weighted by Crippen LogP contribution is 2.27. The molecule has 5 heteroatoms. The Morgan fingerprint density at radius 2 is 2.20 bits per heavy atom. The first kappa shape index (κ1) is 11.5. The Kier molecular flexibility index (Phi) is 4.59. The third-order valence-corrected chi connectivity index (χ3v) is 1.65. The molecule has 0 bridgehead atoms. The van der Waals surface area contributed by atoms with E-state index in [0.29, 0.717) is 23.3 Å². The van der Waals surface area contributed by atoms with Gasteiger partial charge in [-0.25, -0.2) is 0 Å². The maximum absolute atomic E-state index is 10.5. The second-order valence-electron chi connectivity index (χ2n) is 2.66. The van der Waals surface area contributed by atoms with E-state index in [9.17, 15) is 4.79 Å². The van der Waals surface area contributed by atoms with E-state index < -0.39 is 0 Å². The summed E-state index contributed by atoms with van der Waals surface area (Å²) in [5.41, 5.74) is 0.487. The minimum Gasteiger partial charge on any atom is -0.493 e. The number of ether oxygens (including phenoxy) is 1. The number of hydrogen-bond donors (Lipinski definition) is 1. The van der Waals surface area contributed by atoms with Gasteiger partial charge in [-0.1, -0.05) is 0 Å². The molecule has 15 heavy (non-hydrogen) atoms. The zero-order valence-corrected chi connectivity index (χ0v) is 8.30. The van der Waals surface area contributed by atoms with E-state index >= 15 is 0 Å². The van der Waals surface area contributed by atoms with Crippen molar-refractivity contribution in [3.05, 3.63) is 23.8 Å². The minimum absolute atomic E-state index is 0.0680. The van der Waals surface area contributed by atoms with Crippen LogP contribution in [0.25, 0.3) is 0 Å². The largest absolute Gasteiger partial charge is 0.493 e. The normalized spacial score (nSPS) is 9.73. The molecule has 0 aliphatic carbocycles. The standard InChI is InChI=1S/C10H12O5/c1-13-10-6-8(7-12)2-3-9(10)15-14-5-4-11/h2-3,6-7,11H,4-5H2,1H3. The van der Waals surface area contributed by atoms with Crippen LogP contribution >= 0.6 is 0 Å². The molecule has 0 aromatic heterocycles. The fourth-order valence-electron chi connectivity index (χ4n) is 0.969. The summed E-state index contributed by atoms with van der Waals surface area (Å²) < 4.78 is 4.99. The SMILES string of the molecule is COc1cc(C=O)ccc1OOCCO. The Hall–Kier alpha value is -1.59. The molecule has 1 aromatic rings. The Labute approximate surface area is 87.1 Å². The molecule has 0 radical (unpaired) electrons. The van der Waals surface area contributed by atoms with Crippen LogP contribution in [-0.2, 0) is 4.89 Å². The van der Waals surface area contributed by atoms with Crippen molar-refractivity contribution >= 4 is 6.29 Å². The first-order valence-corrected chi connectivity index (χ1v) is 4.35. The number of benzene rings is 1.